The number of fused-ring (bicyclic) bond motifs is 1. The van der Waals surface area contributed by atoms with Gasteiger partial charge >= 0.3 is 0 Å². The van der Waals surface area contributed by atoms with Gasteiger partial charge in [-0.1, -0.05) is 11.6 Å². The van der Waals surface area contributed by atoms with E-state index in [4.69, 9.17) is 20.8 Å². The van der Waals surface area contributed by atoms with E-state index in [-0.39, 0.29) is 0 Å². The van der Waals surface area contributed by atoms with Crippen LogP contribution in [0.5, 0.6) is 5.88 Å². The topological polar surface area (TPSA) is 64.3 Å². The van der Waals surface area contributed by atoms with Crippen LogP contribution in [0.3, 0.4) is 0 Å². The maximum Gasteiger partial charge on any atom is 0.298 e. The first-order valence-corrected chi connectivity index (χ1v) is 8.35. The molecule has 7 heteroatoms. The standard InChI is InChI=1S/C17H17ClN4O2/c18-13-1-2-15-14(9-13)21-17(24-15)22-7-3-12(4-8-22)11-23-16-10-19-5-6-20-16/h1-2,5-6,9-10,12H,3-4,7-8,11H2. The largest absolute Gasteiger partial charge is 0.476 e. The first-order chi connectivity index (χ1) is 11.8. The van der Waals surface area contributed by atoms with Crippen molar-refractivity contribution in [3.8, 4) is 5.88 Å². The van der Waals surface area contributed by atoms with Gasteiger partial charge in [0.15, 0.2) is 5.58 Å². The van der Waals surface area contributed by atoms with Crippen molar-refractivity contribution in [1.29, 1.82) is 0 Å². The lowest BCUT2D eigenvalue weighted by Gasteiger charge is -2.30. The Bertz CT molecular complexity index is 816. The highest BCUT2D eigenvalue weighted by Crippen LogP contribution is 2.28. The Hall–Kier alpha value is -2.34. The number of ether oxygens (including phenoxy) is 1. The number of benzene rings is 1. The summed E-state index contributed by atoms with van der Waals surface area (Å²) < 4.78 is 11.5. The Morgan fingerprint density at radius 1 is 1.25 bits per heavy atom. The molecule has 6 nitrogen and oxygen atoms in total. The Labute approximate surface area is 144 Å². The molecule has 1 aliphatic rings. The van der Waals surface area contributed by atoms with Gasteiger partial charge in [-0.25, -0.2) is 4.98 Å². The van der Waals surface area contributed by atoms with E-state index in [1.807, 2.05) is 18.2 Å². The molecule has 1 saturated heterocycles. The van der Waals surface area contributed by atoms with Gasteiger partial charge in [0.05, 0.1) is 12.8 Å². The summed E-state index contributed by atoms with van der Waals surface area (Å²) in [6, 6.07) is 6.16. The second-order valence-corrected chi connectivity index (χ2v) is 6.33. The second-order valence-electron chi connectivity index (χ2n) is 5.89. The van der Waals surface area contributed by atoms with E-state index in [9.17, 15) is 0 Å². The number of hydrogen-bond donors (Lipinski definition) is 0. The molecule has 0 N–H and O–H groups in total. The lowest BCUT2D eigenvalue weighted by Crippen LogP contribution is -2.35. The molecule has 0 aliphatic carbocycles. The molecule has 4 rings (SSSR count). The molecule has 0 atom stereocenters. The molecule has 0 radical (unpaired) electrons. The first kappa shape index (κ1) is 15.2. The van der Waals surface area contributed by atoms with E-state index in [0.29, 0.717) is 29.4 Å². The van der Waals surface area contributed by atoms with Gasteiger partial charge in [-0.2, -0.15) is 4.98 Å². The van der Waals surface area contributed by atoms with Crippen molar-refractivity contribution >= 4 is 28.7 Å². The smallest absolute Gasteiger partial charge is 0.298 e. The minimum Gasteiger partial charge on any atom is -0.476 e. The highest BCUT2D eigenvalue weighted by Gasteiger charge is 2.23. The number of rotatable bonds is 4. The van der Waals surface area contributed by atoms with Crippen LogP contribution in [-0.2, 0) is 0 Å². The number of aromatic nitrogens is 3. The number of halogens is 1. The van der Waals surface area contributed by atoms with E-state index in [1.54, 1.807) is 18.6 Å². The predicted molar refractivity (Wildman–Crippen MR) is 91.5 cm³/mol. The fraction of sp³-hybridized carbons (Fsp3) is 0.353. The molecule has 24 heavy (non-hydrogen) atoms. The molecule has 0 saturated carbocycles. The first-order valence-electron chi connectivity index (χ1n) is 7.98. The normalized spacial score (nSPS) is 15.8. The van der Waals surface area contributed by atoms with Crippen LogP contribution in [0.15, 0.2) is 41.2 Å². The van der Waals surface area contributed by atoms with E-state index >= 15 is 0 Å². The second kappa shape index (κ2) is 6.65. The SMILES string of the molecule is Clc1ccc2oc(N3CCC(COc4cnccn4)CC3)nc2c1. The molecule has 1 aromatic carbocycles. The Balaban J connectivity index is 1.35. The molecule has 1 fully saturated rings. The molecule has 3 heterocycles. The maximum absolute atomic E-state index is 6.00. The monoisotopic (exact) mass is 344 g/mol. The number of anilines is 1. The van der Waals surface area contributed by atoms with Crippen molar-refractivity contribution in [3.05, 3.63) is 41.8 Å². The fourth-order valence-corrected chi connectivity index (χ4v) is 3.04. The minimum absolute atomic E-state index is 0.502. The van der Waals surface area contributed by atoms with Crippen molar-refractivity contribution in [3.63, 3.8) is 0 Å². The van der Waals surface area contributed by atoms with Crippen molar-refractivity contribution < 1.29 is 9.15 Å². The highest BCUT2D eigenvalue weighted by atomic mass is 35.5. The summed E-state index contributed by atoms with van der Waals surface area (Å²) in [6.45, 7) is 2.46. The molecular weight excluding hydrogens is 328 g/mol. The average molecular weight is 345 g/mol. The number of hydrogen-bond acceptors (Lipinski definition) is 6. The van der Waals surface area contributed by atoms with Crippen LogP contribution < -0.4 is 9.64 Å². The van der Waals surface area contributed by atoms with Gasteiger partial charge in [-0.15, -0.1) is 0 Å². The van der Waals surface area contributed by atoms with Gasteiger partial charge in [0.2, 0.25) is 5.88 Å². The number of oxazole rings is 1. The third-order valence-electron chi connectivity index (χ3n) is 4.23. The third kappa shape index (κ3) is 3.28. The van der Waals surface area contributed by atoms with Gasteiger partial charge < -0.3 is 14.1 Å². The summed E-state index contributed by atoms with van der Waals surface area (Å²) in [6.07, 6.45) is 6.97. The molecule has 0 amide bonds. The van der Waals surface area contributed by atoms with E-state index in [2.05, 4.69) is 19.9 Å². The molecule has 1 aliphatic heterocycles. The average Bonchev–Trinajstić information content (AvgIpc) is 3.04. The van der Waals surface area contributed by atoms with Gasteiger partial charge in [0, 0.05) is 30.5 Å². The molecular formula is C17H17ClN4O2. The molecule has 3 aromatic rings. The van der Waals surface area contributed by atoms with Crippen molar-refractivity contribution in [2.45, 2.75) is 12.8 Å². The van der Waals surface area contributed by atoms with Crippen molar-refractivity contribution in [1.82, 2.24) is 15.0 Å². The third-order valence-corrected chi connectivity index (χ3v) is 4.46. The van der Waals surface area contributed by atoms with Crippen LogP contribution in [0.4, 0.5) is 6.01 Å². The lowest BCUT2D eigenvalue weighted by atomic mass is 9.98. The van der Waals surface area contributed by atoms with Crippen LogP contribution in [0, 0.1) is 5.92 Å². The van der Waals surface area contributed by atoms with Crippen LogP contribution in [0.25, 0.3) is 11.1 Å². The van der Waals surface area contributed by atoms with Gasteiger partial charge in [0.1, 0.15) is 5.52 Å². The van der Waals surface area contributed by atoms with Crippen LogP contribution in [0.1, 0.15) is 12.8 Å². The van der Waals surface area contributed by atoms with Gasteiger partial charge in [-0.05, 0) is 37.0 Å². The van der Waals surface area contributed by atoms with Crippen LogP contribution in [0.2, 0.25) is 5.02 Å². The molecule has 0 unspecified atom stereocenters. The zero-order valence-corrected chi connectivity index (χ0v) is 13.8. The van der Waals surface area contributed by atoms with E-state index in [0.717, 1.165) is 37.0 Å². The zero-order valence-electron chi connectivity index (χ0n) is 13.1. The zero-order chi connectivity index (χ0) is 16.4. The van der Waals surface area contributed by atoms with Crippen molar-refractivity contribution in [2.24, 2.45) is 5.92 Å². The summed E-state index contributed by atoms with van der Waals surface area (Å²) in [4.78, 5) is 14.8. The summed E-state index contributed by atoms with van der Waals surface area (Å²) in [7, 11) is 0. The summed E-state index contributed by atoms with van der Waals surface area (Å²) in [5.41, 5.74) is 1.56. The summed E-state index contributed by atoms with van der Waals surface area (Å²) in [5, 5.41) is 0.669. The minimum atomic E-state index is 0.502. The molecule has 0 bridgehead atoms. The Morgan fingerprint density at radius 3 is 2.92 bits per heavy atom. The van der Waals surface area contributed by atoms with Gasteiger partial charge in [-0.3, -0.25) is 4.98 Å². The highest BCUT2D eigenvalue weighted by molar-refractivity contribution is 6.31. The molecule has 124 valence electrons. The quantitative estimate of drug-likeness (QED) is 0.721. The molecule has 2 aromatic heterocycles. The van der Waals surface area contributed by atoms with Gasteiger partial charge in [0.25, 0.3) is 6.01 Å². The molecule has 0 spiro atoms. The number of piperidine rings is 1. The van der Waals surface area contributed by atoms with E-state index < -0.39 is 0 Å². The Morgan fingerprint density at radius 2 is 2.12 bits per heavy atom. The van der Waals surface area contributed by atoms with Crippen LogP contribution in [-0.4, -0.2) is 34.6 Å². The summed E-state index contributed by atoms with van der Waals surface area (Å²) in [5.74, 6) is 1.08. The summed E-state index contributed by atoms with van der Waals surface area (Å²) >= 11 is 6.00. The fourth-order valence-electron chi connectivity index (χ4n) is 2.88. The Kier molecular flexibility index (Phi) is 4.21. The van der Waals surface area contributed by atoms with Crippen molar-refractivity contribution in [2.75, 3.05) is 24.6 Å². The van der Waals surface area contributed by atoms with E-state index in [1.165, 1.54) is 0 Å². The predicted octanol–water partition coefficient (Wildman–Crippen LogP) is 3.57. The maximum atomic E-state index is 6.00. The lowest BCUT2D eigenvalue weighted by molar-refractivity contribution is 0.214. The van der Waals surface area contributed by atoms with Crippen LogP contribution >= 0.6 is 11.6 Å². The number of nitrogens with zero attached hydrogens (tertiary/aromatic N) is 4.